The van der Waals surface area contributed by atoms with Crippen LogP contribution in [0.2, 0.25) is 0 Å². The summed E-state index contributed by atoms with van der Waals surface area (Å²) >= 11 is 0. The molecular formula is C18H21N. The van der Waals surface area contributed by atoms with Crippen LogP contribution in [-0.4, -0.2) is 0 Å². The van der Waals surface area contributed by atoms with E-state index in [1.54, 1.807) is 0 Å². The second kappa shape index (κ2) is 8.15. The standard InChI is InChI=1S/C12H11N.C6H10/c1-3-7-11(8-4-1)13-12-9-5-2-6-10-12;1-2-4-6-5-3-1/h1-10,13H;1-2H,3-6H2. The van der Waals surface area contributed by atoms with Crippen molar-refractivity contribution in [1.82, 2.24) is 0 Å². The van der Waals surface area contributed by atoms with Gasteiger partial charge in [0.25, 0.3) is 0 Å². The van der Waals surface area contributed by atoms with Gasteiger partial charge in [0.05, 0.1) is 0 Å². The number of hydrogen-bond donors (Lipinski definition) is 1. The molecule has 0 aliphatic heterocycles. The summed E-state index contributed by atoms with van der Waals surface area (Å²) in [6.45, 7) is 0. The first kappa shape index (κ1) is 13.4. The van der Waals surface area contributed by atoms with E-state index in [0.717, 1.165) is 11.4 Å². The number of anilines is 2. The fourth-order valence-electron chi connectivity index (χ4n) is 1.97. The van der Waals surface area contributed by atoms with Crippen LogP contribution in [0.3, 0.4) is 0 Å². The van der Waals surface area contributed by atoms with Crippen molar-refractivity contribution in [2.75, 3.05) is 5.32 Å². The van der Waals surface area contributed by atoms with Crippen LogP contribution in [0.25, 0.3) is 0 Å². The first-order valence-electron chi connectivity index (χ1n) is 6.97. The monoisotopic (exact) mass is 251 g/mol. The van der Waals surface area contributed by atoms with E-state index in [1.807, 2.05) is 60.7 Å². The summed E-state index contributed by atoms with van der Waals surface area (Å²) in [6.07, 6.45) is 10.0. The number of benzene rings is 2. The molecule has 0 saturated carbocycles. The van der Waals surface area contributed by atoms with Crippen LogP contribution in [-0.2, 0) is 0 Å². The Morgan fingerprint density at radius 3 is 1.32 bits per heavy atom. The van der Waals surface area contributed by atoms with E-state index in [2.05, 4.69) is 17.5 Å². The van der Waals surface area contributed by atoms with Crippen molar-refractivity contribution in [2.45, 2.75) is 25.7 Å². The number of nitrogens with one attached hydrogen (secondary N) is 1. The Hall–Kier alpha value is -2.02. The van der Waals surface area contributed by atoms with Gasteiger partial charge in [0.15, 0.2) is 0 Å². The van der Waals surface area contributed by atoms with Crippen LogP contribution in [0.5, 0.6) is 0 Å². The Kier molecular flexibility index (Phi) is 5.75. The lowest BCUT2D eigenvalue weighted by atomic mass is 10.1. The summed E-state index contributed by atoms with van der Waals surface area (Å²) in [4.78, 5) is 0. The zero-order valence-corrected chi connectivity index (χ0v) is 11.3. The van der Waals surface area contributed by atoms with Crippen LogP contribution in [0.1, 0.15) is 25.7 Å². The molecule has 0 radical (unpaired) electrons. The van der Waals surface area contributed by atoms with Gasteiger partial charge < -0.3 is 5.32 Å². The lowest BCUT2D eigenvalue weighted by molar-refractivity contribution is 0.730. The van der Waals surface area contributed by atoms with E-state index in [0.29, 0.717) is 0 Å². The van der Waals surface area contributed by atoms with Crippen LogP contribution in [0, 0.1) is 0 Å². The van der Waals surface area contributed by atoms with Crippen molar-refractivity contribution in [2.24, 2.45) is 0 Å². The Bertz CT molecular complexity index is 428. The smallest absolute Gasteiger partial charge is 0.0384 e. The van der Waals surface area contributed by atoms with Crippen molar-refractivity contribution < 1.29 is 0 Å². The molecule has 19 heavy (non-hydrogen) atoms. The van der Waals surface area contributed by atoms with E-state index in [4.69, 9.17) is 0 Å². The summed E-state index contributed by atoms with van der Waals surface area (Å²) in [5.41, 5.74) is 2.24. The molecular weight excluding hydrogens is 230 g/mol. The zero-order valence-electron chi connectivity index (χ0n) is 11.3. The molecule has 98 valence electrons. The van der Waals surface area contributed by atoms with Crippen molar-refractivity contribution in [3.05, 3.63) is 72.8 Å². The van der Waals surface area contributed by atoms with E-state index in [9.17, 15) is 0 Å². The van der Waals surface area contributed by atoms with Gasteiger partial charge in [-0.1, -0.05) is 48.6 Å². The molecule has 0 saturated heterocycles. The molecule has 3 rings (SSSR count). The molecule has 0 heterocycles. The molecule has 1 N–H and O–H groups in total. The van der Waals surface area contributed by atoms with Gasteiger partial charge in [0.1, 0.15) is 0 Å². The van der Waals surface area contributed by atoms with Crippen molar-refractivity contribution in [1.29, 1.82) is 0 Å². The third-order valence-electron chi connectivity index (χ3n) is 2.99. The molecule has 0 atom stereocenters. The van der Waals surface area contributed by atoms with Gasteiger partial charge in [0.2, 0.25) is 0 Å². The van der Waals surface area contributed by atoms with E-state index in [-0.39, 0.29) is 0 Å². The van der Waals surface area contributed by atoms with Crippen LogP contribution >= 0.6 is 0 Å². The predicted molar refractivity (Wildman–Crippen MR) is 83.8 cm³/mol. The van der Waals surface area contributed by atoms with Crippen molar-refractivity contribution >= 4 is 11.4 Å². The van der Waals surface area contributed by atoms with Gasteiger partial charge in [0, 0.05) is 11.4 Å². The number of rotatable bonds is 2. The minimum atomic E-state index is 1.12. The van der Waals surface area contributed by atoms with Gasteiger partial charge in [-0.2, -0.15) is 0 Å². The second-order valence-corrected chi connectivity index (χ2v) is 4.61. The highest BCUT2D eigenvalue weighted by Gasteiger charge is 1.90. The lowest BCUT2D eigenvalue weighted by Gasteiger charge is -2.04. The Morgan fingerprint density at radius 1 is 0.579 bits per heavy atom. The highest BCUT2D eigenvalue weighted by Crippen LogP contribution is 2.14. The first-order valence-corrected chi connectivity index (χ1v) is 6.97. The van der Waals surface area contributed by atoms with Crippen LogP contribution in [0.15, 0.2) is 72.8 Å². The predicted octanol–water partition coefficient (Wildman–Crippen LogP) is 5.55. The maximum absolute atomic E-state index is 3.30. The molecule has 2 aromatic rings. The van der Waals surface area contributed by atoms with Gasteiger partial charge in [-0.05, 0) is 49.9 Å². The summed E-state index contributed by atoms with van der Waals surface area (Å²) in [7, 11) is 0. The molecule has 1 aliphatic carbocycles. The van der Waals surface area contributed by atoms with Gasteiger partial charge in [-0.3, -0.25) is 0 Å². The average molecular weight is 251 g/mol. The summed E-state index contributed by atoms with van der Waals surface area (Å²) in [6, 6.07) is 20.3. The van der Waals surface area contributed by atoms with Crippen molar-refractivity contribution in [3.8, 4) is 0 Å². The molecule has 0 aromatic heterocycles. The summed E-state index contributed by atoms with van der Waals surface area (Å²) in [5, 5.41) is 3.30. The molecule has 1 aliphatic rings. The quantitative estimate of drug-likeness (QED) is 0.690. The number of hydrogen-bond acceptors (Lipinski definition) is 1. The van der Waals surface area contributed by atoms with Crippen LogP contribution < -0.4 is 5.32 Å². The van der Waals surface area contributed by atoms with E-state index in [1.165, 1.54) is 25.7 Å². The third kappa shape index (κ3) is 5.43. The summed E-state index contributed by atoms with van der Waals surface area (Å²) < 4.78 is 0. The maximum Gasteiger partial charge on any atom is 0.0384 e. The van der Waals surface area contributed by atoms with Gasteiger partial charge in [-0.15, -0.1) is 0 Å². The van der Waals surface area contributed by atoms with Gasteiger partial charge >= 0.3 is 0 Å². The van der Waals surface area contributed by atoms with Crippen molar-refractivity contribution in [3.63, 3.8) is 0 Å². The Labute approximate surface area is 116 Å². The minimum absolute atomic E-state index is 1.12. The fraction of sp³-hybridized carbons (Fsp3) is 0.222. The molecule has 0 amide bonds. The first-order chi connectivity index (χ1) is 9.45. The maximum atomic E-state index is 3.30. The molecule has 0 fully saturated rings. The lowest BCUT2D eigenvalue weighted by Crippen LogP contribution is -1.87. The van der Waals surface area contributed by atoms with Crippen LogP contribution in [0.4, 0.5) is 11.4 Å². The highest BCUT2D eigenvalue weighted by atomic mass is 14.9. The average Bonchev–Trinajstić information content (AvgIpc) is 2.52. The fourth-order valence-corrected chi connectivity index (χ4v) is 1.97. The Balaban J connectivity index is 0.000000186. The molecule has 0 unspecified atom stereocenters. The molecule has 0 spiro atoms. The second-order valence-electron chi connectivity index (χ2n) is 4.61. The summed E-state index contributed by atoms with van der Waals surface area (Å²) in [5.74, 6) is 0. The largest absolute Gasteiger partial charge is 0.356 e. The van der Waals surface area contributed by atoms with E-state index < -0.39 is 0 Å². The third-order valence-corrected chi connectivity index (χ3v) is 2.99. The molecule has 1 nitrogen and oxygen atoms in total. The number of allylic oxidation sites excluding steroid dienone is 2. The zero-order chi connectivity index (χ0) is 13.2. The SMILES string of the molecule is C1=CCCCC1.c1ccc(Nc2ccccc2)cc1. The topological polar surface area (TPSA) is 12.0 Å². The highest BCUT2D eigenvalue weighted by molar-refractivity contribution is 5.58. The molecule has 1 heteroatoms. The Morgan fingerprint density at radius 2 is 1.00 bits per heavy atom. The van der Waals surface area contributed by atoms with E-state index >= 15 is 0 Å². The minimum Gasteiger partial charge on any atom is -0.356 e. The number of para-hydroxylation sites is 2. The molecule has 0 bridgehead atoms. The molecule has 2 aromatic carbocycles. The normalized spacial score (nSPS) is 13.3. The van der Waals surface area contributed by atoms with Gasteiger partial charge in [-0.25, -0.2) is 0 Å².